The SMILES string of the molecule is O=C(Nc1ccc2[nH]c(=O)[nH]c2c1)c1ccc(-c2ccsc2)nc1. The Kier molecular flexibility index (Phi) is 3.47. The standard InChI is InChI=1S/C17H12N4O2S/c22-16(10-1-3-13(18-8-10)11-5-6-24-9-11)19-12-2-4-14-15(7-12)21-17(23)20-14/h1-9H,(H,19,22)(H2,20,21,23). The minimum absolute atomic E-state index is 0.253. The van der Waals surface area contributed by atoms with E-state index < -0.39 is 0 Å². The molecule has 1 aromatic carbocycles. The van der Waals surface area contributed by atoms with Gasteiger partial charge in [0.1, 0.15) is 0 Å². The number of nitrogens with one attached hydrogen (secondary N) is 3. The lowest BCUT2D eigenvalue weighted by molar-refractivity contribution is 0.102. The molecule has 0 aliphatic rings. The van der Waals surface area contributed by atoms with Gasteiger partial charge in [0.15, 0.2) is 0 Å². The van der Waals surface area contributed by atoms with Crippen LogP contribution >= 0.6 is 11.3 Å². The van der Waals surface area contributed by atoms with Crippen molar-refractivity contribution in [1.82, 2.24) is 15.0 Å². The van der Waals surface area contributed by atoms with E-state index in [0.29, 0.717) is 22.3 Å². The molecule has 0 spiro atoms. The normalized spacial score (nSPS) is 10.8. The highest BCUT2D eigenvalue weighted by atomic mass is 32.1. The zero-order valence-electron chi connectivity index (χ0n) is 12.4. The molecule has 3 N–H and O–H groups in total. The summed E-state index contributed by atoms with van der Waals surface area (Å²) in [5.41, 5.74) is 4.00. The number of nitrogens with zero attached hydrogens (tertiary/aromatic N) is 1. The smallest absolute Gasteiger partial charge is 0.322 e. The van der Waals surface area contributed by atoms with E-state index in [-0.39, 0.29) is 11.6 Å². The molecule has 0 bridgehead atoms. The average molecular weight is 336 g/mol. The third kappa shape index (κ3) is 2.72. The number of hydrogen-bond donors (Lipinski definition) is 3. The van der Waals surface area contributed by atoms with Gasteiger partial charge in [-0.2, -0.15) is 11.3 Å². The Bertz CT molecular complexity index is 1060. The molecule has 0 saturated carbocycles. The monoisotopic (exact) mass is 336 g/mol. The van der Waals surface area contributed by atoms with Crippen molar-refractivity contribution in [3.8, 4) is 11.3 Å². The number of benzene rings is 1. The van der Waals surface area contributed by atoms with Gasteiger partial charge in [0.2, 0.25) is 0 Å². The lowest BCUT2D eigenvalue weighted by atomic mass is 10.2. The highest BCUT2D eigenvalue weighted by Gasteiger charge is 2.09. The zero-order chi connectivity index (χ0) is 16.5. The minimum atomic E-state index is -0.276. The van der Waals surface area contributed by atoms with Gasteiger partial charge in [-0.15, -0.1) is 0 Å². The molecule has 3 heterocycles. The van der Waals surface area contributed by atoms with Crippen LogP contribution in [0.3, 0.4) is 0 Å². The van der Waals surface area contributed by atoms with Crippen LogP contribution in [-0.4, -0.2) is 20.9 Å². The van der Waals surface area contributed by atoms with Crippen LogP contribution < -0.4 is 11.0 Å². The molecule has 118 valence electrons. The van der Waals surface area contributed by atoms with Crippen LogP contribution in [0, 0.1) is 0 Å². The summed E-state index contributed by atoms with van der Waals surface area (Å²) in [5, 5.41) is 6.80. The van der Waals surface area contributed by atoms with Crippen molar-refractivity contribution >= 4 is 34.0 Å². The van der Waals surface area contributed by atoms with Gasteiger partial charge in [-0.25, -0.2) is 4.79 Å². The van der Waals surface area contributed by atoms with Crippen LogP contribution in [0.5, 0.6) is 0 Å². The molecule has 0 fully saturated rings. The van der Waals surface area contributed by atoms with Crippen molar-refractivity contribution in [2.45, 2.75) is 0 Å². The number of H-pyrrole nitrogens is 2. The Labute approximate surface area is 140 Å². The molecular formula is C17H12N4O2S. The predicted molar refractivity (Wildman–Crippen MR) is 94.4 cm³/mol. The second-order valence-electron chi connectivity index (χ2n) is 5.24. The molecule has 1 amide bonds. The number of carbonyl (C=O) groups is 1. The first-order valence-corrected chi connectivity index (χ1v) is 8.15. The number of aromatic nitrogens is 3. The Morgan fingerprint density at radius 1 is 1.08 bits per heavy atom. The largest absolute Gasteiger partial charge is 0.323 e. The van der Waals surface area contributed by atoms with E-state index in [0.717, 1.165) is 11.3 Å². The van der Waals surface area contributed by atoms with Crippen LogP contribution in [0.1, 0.15) is 10.4 Å². The van der Waals surface area contributed by atoms with Gasteiger partial charge in [0.25, 0.3) is 5.91 Å². The maximum atomic E-state index is 12.3. The first kappa shape index (κ1) is 14.4. The van der Waals surface area contributed by atoms with Crippen molar-refractivity contribution in [3.05, 3.63) is 69.4 Å². The third-order valence-electron chi connectivity index (χ3n) is 3.62. The fourth-order valence-corrected chi connectivity index (χ4v) is 3.07. The van der Waals surface area contributed by atoms with E-state index in [1.165, 1.54) is 0 Å². The highest BCUT2D eigenvalue weighted by molar-refractivity contribution is 7.08. The summed E-state index contributed by atoms with van der Waals surface area (Å²) < 4.78 is 0. The summed E-state index contributed by atoms with van der Waals surface area (Å²) in [7, 11) is 0. The Morgan fingerprint density at radius 2 is 1.96 bits per heavy atom. The van der Waals surface area contributed by atoms with Gasteiger partial charge in [0.05, 0.1) is 22.3 Å². The van der Waals surface area contributed by atoms with E-state index in [4.69, 9.17) is 0 Å². The first-order chi connectivity index (χ1) is 11.7. The molecule has 0 atom stereocenters. The van der Waals surface area contributed by atoms with E-state index >= 15 is 0 Å². The molecule has 7 heteroatoms. The fraction of sp³-hybridized carbons (Fsp3) is 0. The van der Waals surface area contributed by atoms with Crippen molar-refractivity contribution in [2.24, 2.45) is 0 Å². The second-order valence-corrected chi connectivity index (χ2v) is 6.02. The quantitative estimate of drug-likeness (QED) is 0.536. The van der Waals surface area contributed by atoms with Crippen LogP contribution in [0.15, 0.2) is 58.1 Å². The molecule has 0 unspecified atom stereocenters. The summed E-state index contributed by atoms with van der Waals surface area (Å²) in [6.07, 6.45) is 1.55. The highest BCUT2D eigenvalue weighted by Crippen LogP contribution is 2.20. The van der Waals surface area contributed by atoms with E-state index in [1.807, 2.05) is 22.9 Å². The summed E-state index contributed by atoms with van der Waals surface area (Å²) in [6, 6.07) is 10.7. The van der Waals surface area contributed by atoms with Gasteiger partial charge < -0.3 is 15.3 Å². The summed E-state index contributed by atoms with van der Waals surface area (Å²) in [4.78, 5) is 33.2. The zero-order valence-corrected chi connectivity index (χ0v) is 13.2. The number of imidazole rings is 1. The number of thiophene rings is 1. The number of anilines is 1. The molecular weight excluding hydrogens is 324 g/mol. The van der Waals surface area contributed by atoms with E-state index in [1.54, 1.807) is 41.8 Å². The number of fused-ring (bicyclic) bond motifs is 1. The minimum Gasteiger partial charge on any atom is -0.322 e. The summed E-state index contributed by atoms with van der Waals surface area (Å²) >= 11 is 1.60. The van der Waals surface area contributed by atoms with Crippen LogP contribution in [0.2, 0.25) is 0 Å². The Morgan fingerprint density at radius 3 is 2.71 bits per heavy atom. The van der Waals surface area contributed by atoms with Gasteiger partial charge in [-0.3, -0.25) is 9.78 Å². The van der Waals surface area contributed by atoms with Crippen LogP contribution in [-0.2, 0) is 0 Å². The topological polar surface area (TPSA) is 90.6 Å². The number of rotatable bonds is 3. The number of amides is 1. The fourth-order valence-electron chi connectivity index (χ4n) is 2.42. The summed E-state index contributed by atoms with van der Waals surface area (Å²) in [5.74, 6) is -0.253. The number of aromatic amines is 2. The molecule has 4 rings (SSSR count). The molecule has 24 heavy (non-hydrogen) atoms. The molecule has 0 aliphatic carbocycles. The van der Waals surface area contributed by atoms with E-state index in [2.05, 4.69) is 20.3 Å². The average Bonchev–Trinajstić information content (AvgIpc) is 3.23. The number of carbonyl (C=O) groups excluding carboxylic acids is 1. The van der Waals surface area contributed by atoms with E-state index in [9.17, 15) is 9.59 Å². The molecule has 4 aromatic rings. The Balaban J connectivity index is 1.55. The third-order valence-corrected chi connectivity index (χ3v) is 4.30. The predicted octanol–water partition coefficient (Wildman–Crippen LogP) is 3.23. The number of pyridine rings is 1. The molecule has 6 nitrogen and oxygen atoms in total. The molecule has 0 radical (unpaired) electrons. The molecule has 0 aliphatic heterocycles. The van der Waals surface area contributed by atoms with Crippen molar-refractivity contribution in [3.63, 3.8) is 0 Å². The second kappa shape index (κ2) is 5.78. The van der Waals surface area contributed by atoms with Crippen molar-refractivity contribution in [1.29, 1.82) is 0 Å². The van der Waals surface area contributed by atoms with Gasteiger partial charge in [-0.05, 0) is 41.8 Å². The first-order valence-electron chi connectivity index (χ1n) is 7.21. The Hall–Kier alpha value is -3.19. The van der Waals surface area contributed by atoms with Gasteiger partial charge in [0, 0.05) is 22.8 Å². The molecule has 0 saturated heterocycles. The van der Waals surface area contributed by atoms with Gasteiger partial charge in [-0.1, -0.05) is 0 Å². The van der Waals surface area contributed by atoms with Crippen molar-refractivity contribution in [2.75, 3.05) is 5.32 Å². The molecule has 3 aromatic heterocycles. The lowest BCUT2D eigenvalue weighted by Crippen LogP contribution is -2.12. The maximum Gasteiger partial charge on any atom is 0.323 e. The maximum absolute atomic E-state index is 12.3. The summed E-state index contributed by atoms with van der Waals surface area (Å²) in [6.45, 7) is 0. The van der Waals surface area contributed by atoms with Gasteiger partial charge >= 0.3 is 5.69 Å². The number of hydrogen-bond acceptors (Lipinski definition) is 4. The lowest BCUT2D eigenvalue weighted by Gasteiger charge is -2.06. The van der Waals surface area contributed by atoms with Crippen molar-refractivity contribution < 1.29 is 4.79 Å². The van der Waals surface area contributed by atoms with Crippen LogP contribution in [0.25, 0.3) is 22.3 Å². The van der Waals surface area contributed by atoms with Crippen LogP contribution in [0.4, 0.5) is 5.69 Å².